The second kappa shape index (κ2) is 6.72. The van der Waals surface area contributed by atoms with Crippen molar-refractivity contribution in [3.05, 3.63) is 46.3 Å². The molecule has 0 saturated carbocycles. The van der Waals surface area contributed by atoms with Crippen LogP contribution in [0.2, 0.25) is 0 Å². The number of fused-ring (bicyclic) bond motifs is 1. The van der Waals surface area contributed by atoms with Crippen LogP contribution in [0, 0.1) is 13.8 Å². The number of ether oxygens (including phenoxy) is 2. The molecule has 9 heteroatoms. The van der Waals surface area contributed by atoms with Gasteiger partial charge in [0.25, 0.3) is 5.91 Å². The Morgan fingerprint density at radius 2 is 1.87 bits per heavy atom. The maximum Gasteiger partial charge on any atom is 0.325 e. The average Bonchev–Trinajstić information content (AvgIpc) is 3.33. The van der Waals surface area contributed by atoms with Gasteiger partial charge in [-0.15, -0.1) is 0 Å². The Labute approximate surface area is 172 Å². The minimum absolute atomic E-state index is 0.0909. The first-order valence-corrected chi connectivity index (χ1v) is 9.41. The lowest BCUT2D eigenvalue weighted by atomic mass is 9.91. The fourth-order valence-corrected chi connectivity index (χ4v) is 4.02. The number of Topliss-reactive ketones (excluding diaryl/α,β-unsaturated/α-hetero) is 2. The van der Waals surface area contributed by atoms with Gasteiger partial charge in [-0.25, -0.2) is 4.79 Å². The third kappa shape index (κ3) is 2.85. The molecule has 0 bridgehead atoms. The van der Waals surface area contributed by atoms with Crippen molar-refractivity contribution < 1.29 is 28.7 Å². The number of aromatic amines is 1. The zero-order chi connectivity index (χ0) is 21.8. The summed E-state index contributed by atoms with van der Waals surface area (Å²) in [5, 5.41) is 2.67. The third-order valence-electron chi connectivity index (χ3n) is 5.60. The van der Waals surface area contributed by atoms with Crippen molar-refractivity contribution in [1.29, 1.82) is 0 Å². The minimum atomic E-state index is -1.34. The lowest BCUT2D eigenvalue weighted by molar-refractivity contribution is -0.130. The molecule has 2 aromatic rings. The molecule has 2 N–H and O–H groups in total. The molecule has 1 atom stereocenters. The average molecular weight is 411 g/mol. The number of imide groups is 1. The first-order valence-electron chi connectivity index (χ1n) is 9.41. The molecule has 0 unspecified atom stereocenters. The molecule has 2 aliphatic rings. The number of ketones is 2. The largest absolute Gasteiger partial charge is 0.454 e. The molecule has 0 radical (unpaired) electrons. The number of hydrogen-bond donors (Lipinski definition) is 2. The Hall–Kier alpha value is -3.62. The van der Waals surface area contributed by atoms with E-state index in [0.717, 1.165) is 4.90 Å². The quantitative estimate of drug-likeness (QED) is 0.575. The van der Waals surface area contributed by atoms with Crippen LogP contribution in [0.5, 0.6) is 11.5 Å². The summed E-state index contributed by atoms with van der Waals surface area (Å²) >= 11 is 0. The summed E-state index contributed by atoms with van der Waals surface area (Å²) in [5.41, 5.74) is 0.923. The van der Waals surface area contributed by atoms with Crippen molar-refractivity contribution in [2.45, 2.75) is 33.2 Å². The van der Waals surface area contributed by atoms with E-state index in [-0.39, 0.29) is 18.3 Å². The molecule has 0 spiro atoms. The number of urea groups is 1. The number of aromatic nitrogens is 1. The monoisotopic (exact) mass is 411 g/mol. The van der Waals surface area contributed by atoms with Gasteiger partial charge in [0, 0.05) is 11.3 Å². The Kier molecular flexibility index (Phi) is 4.41. The number of carbonyl (C=O) groups excluding carboxylic acids is 4. The molecular weight excluding hydrogens is 390 g/mol. The number of nitrogens with zero attached hydrogens (tertiary/aromatic N) is 1. The number of H-pyrrole nitrogens is 1. The summed E-state index contributed by atoms with van der Waals surface area (Å²) in [6, 6.07) is 4.32. The van der Waals surface area contributed by atoms with Crippen LogP contribution in [-0.4, -0.2) is 46.7 Å². The third-order valence-corrected chi connectivity index (χ3v) is 5.60. The predicted octanol–water partition coefficient (Wildman–Crippen LogP) is 2.21. The van der Waals surface area contributed by atoms with Crippen LogP contribution < -0.4 is 14.8 Å². The van der Waals surface area contributed by atoms with Crippen molar-refractivity contribution >= 4 is 23.5 Å². The van der Waals surface area contributed by atoms with Crippen molar-refractivity contribution in [2.75, 3.05) is 13.3 Å². The molecule has 3 heterocycles. The van der Waals surface area contributed by atoms with Crippen LogP contribution in [0.3, 0.4) is 0 Å². The van der Waals surface area contributed by atoms with E-state index in [0.29, 0.717) is 33.9 Å². The first kappa shape index (κ1) is 19.7. The highest BCUT2D eigenvalue weighted by Crippen LogP contribution is 2.37. The Morgan fingerprint density at radius 1 is 1.17 bits per heavy atom. The lowest BCUT2D eigenvalue weighted by Crippen LogP contribution is -2.41. The normalized spacial score (nSPS) is 19.9. The lowest BCUT2D eigenvalue weighted by Gasteiger charge is -2.22. The SMILES string of the molecule is CC(=O)c1c(C)[nH]c(C(=O)CN2C(=O)N[C@](C)(c3ccc4c(c3)OCO4)C2=O)c1C. The van der Waals surface area contributed by atoms with E-state index < -0.39 is 29.8 Å². The molecule has 156 valence electrons. The standard InChI is InChI=1S/C21H21N3O6/c1-10-17(12(3)25)11(2)22-18(10)14(26)8-24-19(27)21(4,23-20(24)28)13-5-6-15-16(7-13)30-9-29-15/h5-7,22H,8-9H2,1-4H3,(H,23,28)/t21-/m1/s1. The fraction of sp³-hybridized carbons (Fsp3) is 0.333. The number of nitrogens with one attached hydrogen (secondary N) is 2. The number of hydrogen-bond acceptors (Lipinski definition) is 6. The van der Waals surface area contributed by atoms with Gasteiger partial charge in [0.05, 0.1) is 12.2 Å². The molecule has 1 fully saturated rings. The van der Waals surface area contributed by atoms with E-state index >= 15 is 0 Å². The molecule has 1 saturated heterocycles. The molecule has 2 aliphatic heterocycles. The number of amides is 3. The van der Waals surface area contributed by atoms with Crippen molar-refractivity contribution in [1.82, 2.24) is 15.2 Å². The second-order valence-corrected chi connectivity index (χ2v) is 7.62. The Balaban J connectivity index is 1.60. The molecule has 30 heavy (non-hydrogen) atoms. The number of rotatable bonds is 5. The second-order valence-electron chi connectivity index (χ2n) is 7.62. The van der Waals surface area contributed by atoms with Crippen LogP contribution in [0.1, 0.15) is 51.5 Å². The van der Waals surface area contributed by atoms with Gasteiger partial charge in [0.2, 0.25) is 6.79 Å². The van der Waals surface area contributed by atoms with Crippen molar-refractivity contribution in [3.8, 4) is 11.5 Å². The van der Waals surface area contributed by atoms with Crippen LogP contribution in [0.4, 0.5) is 4.79 Å². The van der Waals surface area contributed by atoms with Gasteiger partial charge in [-0.3, -0.25) is 19.3 Å². The fourth-order valence-electron chi connectivity index (χ4n) is 4.02. The molecule has 0 aliphatic carbocycles. The van der Waals surface area contributed by atoms with Crippen LogP contribution in [-0.2, 0) is 10.3 Å². The number of benzene rings is 1. The highest BCUT2D eigenvalue weighted by atomic mass is 16.7. The van der Waals surface area contributed by atoms with Crippen LogP contribution in [0.25, 0.3) is 0 Å². The van der Waals surface area contributed by atoms with Crippen molar-refractivity contribution in [2.24, 2.45) is 0 Å². The van der Waals surface area contributed by atoms with Crippen LogP contribution in [0.15, 0.2) is 18.2 Å². The first-order chi connectivity index (χ1) is 14.1. The predicted molar refractivity (Wildman–Crippen MR) is 105 cm³/mol. The highest BCUT2D eigenvalue weighted by Gasteiger charge is 2.50. The summed E-state index contributed by atoms with van der Waals surface area (Å²) in [6.07, 6.45) is 0. The zero-order valence-corrected chi connectivity index (χ0v) is 17.0. The van der Waals surface area contributed by atoms with E-state index in [1.54, 1.807) is 39.0 Å². The smallest absolute Gasteiger partial charge is 0.325 e. The van der Waals surface area contributed by atoms with Gasteiger partial charge in [0.1, 0.15) is 5.54 Å². The van der Waals surface area contributed by atoms with E-state index in [1.165, 1.54) is 6.92 Å². The minimum Gasteiger partial charge on any atom is -0.454 e. The molecule has 1 aromatic heterocycles. The van der Waals surface area contributed by atoms with Gasteiger partial charge < -0.3 is 19.8 Å². The molecule has 3 amide bonds. The summed E-state index contributed by atoms with van der Waals surface area (Å²) in [7, 11) is 0. The van der Waals surface area contributed by atoms with Crippen molar-refractivity contribution in [3.63, 3.8) is 0 Å². The maximum atomic E-state index is 13.1. The number of aryl methyl sites for hydroxylation is 1. The van der Waals surface area contributed by atoms with Crippen LogP contribution >= 0.6 is 0 Å². The maximum absolute atomic E-state index is 13.1. The summed E-state index contributed by atoms with van der Waals surface area (Å²) in [4.78, 5) is 54.1. The van der Waals surface area contributed by atoms with E-state index in [1.807, 2.05) is 0 Å². The molecule has 4 rings (SSSR count). The zero-order valence-electron chi connectivity index (χ0n) is 17.0. The topological polar surface area (TPSA) is 118 Å². The van der Waals surface area contributed by atoms with E-state index in [9.17, 15) is 19.2 Å². The van der Waals surface area contributed by atoms with Gasteiger partial charge in [0.15, 0.2) is 23.1 Å². The highest BCUT2D eigenvalue weighted by molar-refractivity contribution is 6.12. The molecule has 1 aromatic carbocycles. The van der Waals surface area contributed by atoms with E-state index in [2.05, 4.69) is 10.3 Å². The Morgan fingerprint density at radius 3 is 2.53 bits per heavy atom. The number of carbonyl (C=O) groups is 4. The van der Waals surface area contributed by atoms with Gasteiger partial charge in [-0.05, 0) is 51.0 Å². The Bertz CT molecular complexity index is 1120. The molecule has 9 nitrogen and oxygen atoms in total. The summed E-state index contributed by atoms with van der Waals surface area (Å²) in [5.74, 6) is -0.121. The van der Waals surface area contributed by atoms with Gasteiger partial charge >= 0.3 is 6.03 Å². The van der Waals surface area contributed by atoms with Gasteiger partial charge in [-0.2, -0.15) is 0 Å². The summed E-state index contributed by atoms with van der Waals surface area (Å²) < 4.78 is 10.6. The molecular formula is C21H21N3O6. The summed E-state index contributed by atoms with van der Waals surface area (Å²) in [6.45, 7) is 6.01. The van der Waals surface area contributed by atoms with E-state index in [4.69, 9.17) is 9.47 Å². The van der Waals surface area contributed by atoms with Gasteiger partial charge in [-0.1, -0.05) is 6.07 Å².